The summed E-state index contributed by atoms with van der Waals surface area (Å²) in [5.74, 6) is 2.00. The maximum absolute atomic E-state index is 12.4. The van der Waals surface area contributed by atoms with Crippen LogP contribution in [0.25, 0.3) is 0 Å². The fourth-order valence-electron chi connectivity index (χ4n) is 4.42. The Morgan fingerprint density at radius 1 is 1.28 bits per heavy atom. The summed E-state index contributed by atoms with van der Waals surface area (Å²) in [6.45, 7) is 7.80. The third kappa shape index (κ3) is 3.91. The fourth-order valence-corrected chi connectivity index (χ4v) is 4.42. The molecule has 3 aliphatic heterocycles. The lowest BCUT2D eigenvalue weighted by Gasteiger charge is -2.21. The number of carbonyl (C=O) groups is 1. The van der Waals surface area contributed by atoms with Gasteiger partial charge in [-0.1, -0.05) is 0 Å². The molecule has 1 N–H and O–H groups in total. The van der Waals surface area contributed by atoms with Crippen molar-refractivity contribution in [3.05, 3.63) is 23.7 Å². The Labute approximate surface area is 149 Å². The Kier molecular flexibility index (Phi) is 5.10. The highest BCUT2D eigenvalue weighted by atomic mass is 16.5. The van der Waals surface area contributed by atoms with Crippen molar-refractivity contribution in [3.8, 4) is 0 Å². The number of ether oxygens (including phenoxy) is 1. The number of carbonyl (C=O) groups excluding carboxylic acids is 1. The molecule has 0 unspecified atom stereocenters. The first-order valence-corrected chi connectivity index (χ1v) is 9.64. The topological polar surface area (TPSA) is 58.0 Å². The van der Waals surface area contributed by atoms with Crippen molar-refractivity contribution >= 4 is 5.91 Å². The number of likely N-dealkylation sites (tertiary alicyclic amines) is 2. The van der Waals surface area contributed by atoms with Crippen LogP contribution in [0.4, 0.5) is 0 Å². The molecule has 6 heteroatoms. The lowest BCUT2D eigenvalue weighted by molar-refractivity contribution is -0.132. The van der Waals surface area contributed by atoms with Crippen LogP contribution in [-0.4, -0.2) is 66.7 Å². The van der Waals surface area contributed by atoms with E-state index < -0.39 is 0 Å². The summed E-state index contributed by atoms with van der Waals surface area (Å²) in [7, 11) is 0. The van der Waals surface area contributed by atoms with E-state index >= 15 is 0 Å². The number of hydrogen-bond donors (Lipinski definition) is 1. The highest BCUT2D eigenvalue weighted by Crippen LogP contribution is 2.34. The van der Waals surface area contributed by atoms with E-state index in [1.807, 2.05) is 19.1 Å². The van der Waals surface area contributed by atoms with Crippen LogP contribution in [0, 0.1) is 6.92 Å². The highest BCUT2D eigenvalue weighted by Gasteiger charge is 2.45. The van der Waals surface area contributed by atoms with Crippen molar-refractivity contribution < 1.29 is 13.9 Å². The molecular formula is C19H29N3O3. The van der Waals surface area contributed by atoms with Crippen molar-refractivity contribution in [2.24, 2.45) is 0 Å². The van der Waals surface area contributed by atoms with Crippen molar-refractivity contribution in [2.75, 3.05) is 32.7 Å². The summed E-state index contributed by atoms with van der Waals surface area (Å²) in [6, 6.07) is 4.38. The number of hydrogen-bond acceptors (Lipinski definition) is 5. The zero-order chi connectivity index (χ0) is 17.2. The van der Waals surface area contributed by atoms with Crippen LogP contribution in [0.2, 0.25) is 0 Å². The Morgan fingerprint density at radius 3 is 2.88 bits per heavy atom. The van der Waals surface area contributed by atoms with Crippen molar-refractivity contribution in [1.82, 2.24) is 15.1 Å². The molecular weight excluding hydrogens is 318 g/mol. The molecule has 1 aromatic rings. The van der Waals surface area contributed by atoms with Gasteiger partial charge in [0, 0.05) is 32.1 Å². The number of amides is 1. The fraction of sp³-hybridized carbons (Fsp3) is 0.737. The monoisotopic (exact) mass is 347 g/mol. The van der Waals surface area contributed by atoms with E-state index in [2.05, 4.69) is 15.1 Å². The molecule has 3 fully saturated rings. The Balaban J connectivity index is 1.24. The molecule has 4 heterocycles. The van der Waals surface area contributed by atoms with Crippen LogP contribution in [-0.2, 0) is 16.1 Å². The van der Waals surface area contributed by atoms with E-state index in [0.29, 0.717) is 6.04 Å². The number of nitrogens with one attached hydrogen (secondary N) is 1. The average molecular weight is 347 g/mol. The third-order valence-electron chi connectivity index (χ3n) is 5.77. The van der Waals surface area contributed by atoms with Crippen molar-refractivity contribution in [1.29, 1.82) is 0 Å². The molecule has 0 bridgehead atoms. The van der Waals surface area contributed by atoms with Crippen molar-refractivity contribution in [3.63, 3.8) is 0 Å². The maximum atomic E-state index is 12.4. The van der Waals surface area contributed by atoms with Crippen LogP contribution in [0.5, 0.6) is 0 Å². The number of furan rings is 1. The summed E-state index contributed by atoms with van der Waals surface area (Å²) >= 11 is 0. The molecule has 0 aromatic carbocycles. The molecule has 0 radical (unpaired) electrons. The Morgan fingerprint density at radius 2 is 2.12 bits per heavy atom. The molecule has 138 valence electrons. The number of aryl methyl sites for hydroxylation is 1. The molecule has 6 nitrogen and oxygen atoms in total. The Hall–Kier alpha value is -1.37. The van der Waals surface area contributed by atoms with Gasteiger partial charge >= 0.3 is 0 Å². The molecule has 3 saturated heterocycles. The second-order valence-electron chi connectivity index (χ2n) is 7.58. The first-order chi connectivity index (χ1) is 12.2. The van der Waals surface area contributed by atoms with Gasteiger partial charge < -0.3 is 19.4 Å². The largest absolute Gasteiger partial charge is 0.465 e. The predicted octanol–water partition coefficient (Wildman–Crippen LogP) is 1.53. The van der Waals surface area contributed by atoms with Gasteiger partial charge in [-0.05, 0) is 51.4 Å². The summed E-state index contributed by atoms with van der Waals surface area (Å²) in [5, 5.41) is 3.07. The zero-order valence-electron chi connectivity index (χ0n) is 15.1. The van der Waals surface area contributed by atoms with Crippen LogP contribution in [0.3, 0.4) is 0 Å². The Bertz CT molecular complexity index is 596. The second kappa shape index (κ2) is 7.48. The van der Waals surface area contributed by atoms with Gasteiger partial charge in [0.15, 0.2) is 0 Å². The summed E-state index contributed by atoms with van der Waals surface area (Å²) < 4.78 is 11.7. The van der Waals surface area contributed by atoms with Crippen molar-refractivity contribution in [2.45, 2.75) is 57.4 Å². The van der Waals surface area contributed by atoms with E-state index in [-0.39, 0.29) is 18.1 Å². The van der Waals surface area contributed by atoms with Gasteiger partial charge in [-0.2, -0.15) is 0 Å². The van der Waals surface area contributed by atoms with E-state index in [0.717, 1.165) is 50.5 Å². The summed E-state index contributed by atoms with van der Waals surface area (Å²) in [4.78, 5) is 17.2. The first-order valence-electron chi connectivity index (χ1n) is 9.64. The molecule has 1 aromatic heterocycles. The number of rotatable bonds is 6. The van der Waals surface area contributed by atoms with E-state index in [4.69, 9.17) is 9.15 Å². The van der Waals surface area contributed by atoms with Gasteiger partial charge in [0.2, 0.25) is 5.91 Å². The smallest absolute Gasteiger partial charge is 0.249 e. The quantitative estimate of drug-likeness (QED) is 0.846. The molecule has 0 spiro atoms. The van der Waals surface area contributed by atoms with E-state index in [9.17, 15) is 4.79 Å². The molecule has 25 heavy (non-hydrogen) atoms. The van der Waals surface area contributed by atoms with Crippen LogP contribution in [0.15, 0.2) is 16.5 Å². The predicted molar refractivity (Wildman–Crippen MR) is 94.2 cm³/mol. The van der Waals surface area contributed by atoms with Gasteiger partial charge in [-0.25, -0.2) is 0 Å². The molecule has 3 aliphatic rings. The molecule has 1 amide bonds. The van der Waals surface area contributed by atoms with Gasteiger partial charge in [0.05, 0.1) is 12.6 Å². The molecule has 0 aliphatic carbocycles. The van der Waals surface area contributed by atoms with Crippen LogP contribution < -0.4 is 5.32 Å². The van der Waals surface area contributed by atoms with Crippen LogP contribution >= 0.6 is 0 Å². The van der Waals surface area contributed by atoms with Gasteiger partial charge in [-0.3, -0.25) is 9.69 Å². The third-order valence-corrected chi connectivity index (χ3v) is 5.77. The first kappa shape index (κ1) is 17.1. The lowest BCUT2D eigenvalue weighted by atomic mass is 10.1. The molecule has 4 rings (SSSR count). The van der Waals surface area contributed by atoms with Crippen LogP contribution in [0.1, 0.15) is 37.2 Å². The normalized spacial score (nSPS) is 30.0. The summed E-state index contributed by atoms with van der Waals surface area (Å²) in [6.07, 6.45) is 4.25. The summed E-state index contributed by atoms with van der Waals surface area (Å²) in [5.41, 5.74) is 0. The lowest BCUT2D eigenvalue weighted by Crippen LogP contribution is -2.40. The zero-order valence-corrected chi connectivity index (χ0v) is 15.1. The minimum atomic E-state index is -0.297. The molecule has 3 atom stereocenters. The number of nitrogens with zero attached hydrogens (tertiary/aromatic N) is 2. The maximum Gasteiger partial charge on any atom is 0.249 e. The van der Waals surface area contributed by atoms with Gasteiger partial charge in [0.25, 0.3) is 0 Å². The molecule has 0 saturated carbocycles. The van der Waals surface area contributed by atoms with E-state index in [1.54, 1.807) is 0 Å². The van der Waals surface area contributed by atoms with Gasteiger partial charge in [-0.15, -0.1) is 0 Å². The number of fused-ring (bicyclic) bond motifs is 1. The average Bonchev–Trinajstić information content (AvgIpc) is 3.34. The van der Waals surface area contributed by atoms with E-state index in [1.165, 1.54) is 25.9 Å². The highest BCUT2D eigenvalue weighted by molar-refractivity contribution is 5.81. The second-order valence-corrected chi connectivity index (χ2v) is 7.58. The van der Waals surface area contributed by atoms with Gasteiger partial charge in [0.1, 0.15) is 17.6 Å². The minimum Gasteiger partial charge on any atom is -0.465 e. The SMILES string of the molecule is Cc1ccc(CN2CC[C@@H]3O[C@@H](C(=O)NCCN4CCCC4)C[C@@H]32)o1. The standard InChI is InChI=1S/C19H29N3O3/c1-14-4-5-15(24-14)13-22-10-6-17-16(22)12-18(25-17)19(23)20-7-11-21-8-2-3-9-21/h4-5,16-18H,2-3,6-13H2,1H3,(H,20,23)/t16-,17-,18+/m0/s1. The minimum absolute atomic E-state index is 0.0578.